The number of benzene rings is 1. The molecule has 3 rings (SSSR count). The van der Waals surface area contributed by atoms with Crippen molar-refractivity contribution in [3.05, 3.63) is 60.4 Å². The second-order valence-corrected chi connectivity index (χ2v) is 10.4. The second-order valence-electron chi connectivity index (χ2n) is 8.78. The fourth-order valence-electron chi connectivity index (χ4n) is 3.23. The minimum atomic E-state index is -3.71. The molecule has 0 spiro atoms. The highest BCUT2D eigenvalue weighted by Crippen LogP contribution is 2.31. The van der Waals surface area contributed by atoms with Gasteiger partial charge in [-0.05, 0) is 62.9 Å². The van der Waals surface area contributed by atoms with Crippen LogP contribution >= 0.6 is 0 Å². The zero-order valence-electron chi connectivity index (χ0n) is 17.6. The van der Waals surface area contributed by atoms with Crippen LogP contribution in [0.25, 0.3) is 11.3 Å². The molecule has 0 radical (unpaired) electrons. The standard InChI is InChI=1S/C22H29N3O3S/c1-16(2)12-17-6-9-21(29(26,27)24-22(3,4)5)19(13-17)20-8-7-18(28-20)14-25-11-10-23-15-25/h6-11,13,15-16,24H,12,14H2,1-5H3. The van der Waals surface area contributed by atoms with E-state index in [9.17, 15) is 8.42 Å². The van der Waals surface area contributed by atoms with Gasteiger partial charge in [0.1, 0.15) is 11.5 Å². The molecule has 0 fully saturated rings. The minimum Gasteiger partial charge on any atom is -0.459 e. The van der Waals surface area contributed by atoms with Crippen molar-refractivity contribution in [2.75, 3.05) is 0 Å². The first-order chi connectivity index (χ1) is 13.5. The Balaban J connectivity index is 2.03. The first-order valence-electron chi connectivity index (χ1n) is 9.75. The third kappa shape index (κ3) is 5.58. The van der Waals surface area contributed by atoms with Crippen LogP contribution in [0.2, 0.25) is 0 Å². The van der Waals surface area contributed by atoms with Crippen LogP contribution in [-0.2, 0) is 23.0 Å². The van der Waals surface area contributed by atoms with Gasteiger partial charge in [-0.2, -0.15) is 0 Å². The van der Waals surface area contributed by atoms with E-state index in [2.05, 4.69) is 23.6 Å². The van der Waals surface area contributed by atoms with Crippen molar-refractivity contribution in [3.8, 4) is 11.3 Å². The number of rotatable bonds is 7. The summed E-state index contributed by atoms with van der Waals surface area (Å²) >= 11 is 0. The van der Waals surface area contributed by atoms with E-state index < -0.39 is 15.6 Å². The van der Waals surface area contributed by atoms with Gasteiger partial charge in [-0.3, -0.25) is 0 Å². The SMILES string of the molecule is CC(C)Cc1ccc(S(=O)(=O)NC(C)(C)C)c(-c2ccc(Cn3ccnc3)o2)c1. The molecule has 1 N–H and O–H groups in total. The number of nitrogens with zero attached hydrogens (tertiary/aromatic N) is 2. The Bertz CT molecular complexity index is 1060. The molecule has 6 nitrogen and oxygen atoms in total. The summed E-state index contributed by atoms with van der Waals surface area (Å²) in [6.07, 6.45) is 6.15. The van der Waals surface area contributed by atoms with Crippen molar-refractivity contribution in [2.24, 2.45) is 5.92 Å². The fourth-order valence-corrected chi connectivity index (χ4v) is 4.84. The number of furan rings is 1. The monoisotopic (exact) mass is 415 g/mol. The molecule has 0 aliphatic carbocycles. The number of sulfonamides is 1. The molecule has 1 aromatic carbocycles. The van der Waals surface area contributed by atoms with E-state index in [0.29, 0.717) is 23.8 Å². The highest BCUT2D eigenvalue weighted by atomic mass is 32.2. The molecular formula is C22H29N3O3S. The highest BCUT2D eigenvalue weighted by Gasteiger charge is 2.26. The van der Waals surface area contributed by atoms with E-state index in [0.717, 1.165) is 17.7 Å². The lowest BCUT2D eigenvalue weighted by Crippen LogP contribution is -2.40. The molecule has 0 saturated heterocycles. The minimum absolute atomic E-state index is 0.225. The molecule has 0 bridgehead atoms. The summed E-state index contributed by atoms with van der Waals surface area (Å²) in [5, 5.41) is 0. The van der Waals surface area contributed by atoms with Crippen LogP contribution in [0.4, 0.5) is 0 Å². The third-order valence-electron chi connectivity index (χ3n) is 4.24. The van der Waals surface area contributed by atoms with Gasteiger partial charge in [0.25, 0.3) is 0 Å². The molecule has 156 valence electrons. The molecule has 0 amide bonds. The van der Waals surface area contributed by atoms with Gasteiger partial charge in [-0.15, -0.1) is 0 Å². The predicted molar refractivity (Wildman–Crippen MR) is 114 cm³/mol. The third-order valence-corrected chi connectivity index (χ3v) is 6.06. The first kappa shape index (κ1) is 21.3. The molecular weight excluding hydrogens is 386 g/mol. The van der Waals surface area contributed by atoms with E-state index in [1.807, 2.05) is 55.8 Å². The largest absolute Gasteiger partial charge is 0.459 e. The Morgan fingerprint density at radius 2 is 1.93 bits per heavy atom. The topological polar surface area (TPSA) is 77.1 Å². The van der Waals surface area contributed by atoms with Gasteiger partial charge in [-0.1, -0.05) is 19.9 Å². The molecule has 0 unspecified atom stereocenters. The Kier molecular flexibility index (Phi) is 6.00. The molecule has 2 heterocycles. The summed E-state index contributed by atoms with van der Waals surface area (Å²) < 4.78 is 36.8. The van der Waals surface area contributed by atoms with Crippen LogP contribution in [0.1, 0.15) is 45.9 Å². The summed E-state index contributed by atoms with van der Waals surface area (Å²) in [4.78, 5) is 4.26. The van der Waals surface area contributed by atoms with Gasteiger partial charge in [0.2, 0.25) is 10.0 Å². The van der Waals surface area contributed by atoms with Crippen molar-refractivity contribution in [3.63, 3.8) is 0 Å². The van der Waals surface area contributed by atoms with Crippen molar-refractivity contribution >= 4 is 10.0 Å². The van der Waals surface area contributed by atoms with E-state index in [1.165, 1.54) is 0 Å². The Morgan fingerprint density at radius 1 is 1.17 bits per heavy atom. The summed E-state index contributed by atoms with van der Waals surface area (Å²) in [6, 6.07) is 9.20. The van der Waals surface area contributed by atoms with Crippen molar-refractivity contribution in [1.29, 1.82) is 0 Å². The van der Waals surface area contributed by atoms with Crippen LogP contribution in [-0.4, -0.2) is 23.5 Å². The van der Waals surface area contributed by atoms with Crippen LogP contribution < -0.4 is 4.72 Å². The predicted octanol–water partition coefficient (Wildman–Crippen LogP) is 4.47. The van der Waals surface area contributed by atoms with Crippen molar-refractivity contribution < 1.29 is 12.8 Å². The van der Waals surface area contributed by atoms with Gasteiger partial charge in [0, 0.05) is 23.5 Å². The average molecular weight is 416 g/mol. The lowest BCUT2D eigenvalue weighted by Gasteiger charge is -2.21. The lowest BCUT2D eigenvalue weighted by molar-refractivity contribution is 0.489. The van der Waals surface area contributed by atoms with Gasteiger partial charge in [0.05, 0.1) is 17.8 Å². The van der Waals surface area contributed by atoms with Gasteiger partial charge in [0.15, 0.2) is 0 Å². The molecule has 0 aliphatic rings. The number of aromatic nitrogens is 2. The Hall–Kier alpha value is -2.38. The average Bonchev–Trinajstić information content (AvgIpc) is 3.24. The molecule has 7 heteroatoms. The molecule has 3 aromatic rings. The normalized spacial score (nSPS) is 12.6. The quantitative estimate of drug-likeness (QED) is 0.618. The van der Waals surface area contributed by atoms with Crippen LogP contribution in [0.15, 0.2) is 58.4 Å². The van der Waals surface area contributed by atoms with E-state index in [4.69, 9.17) is 4.42 Å². The van der Waals surface area contributed by atoms with E-state index in [-0.39, 0.29) is 4.90 Å². The maximum absolute atomic E-state index is 13.1. The van der Waals surface area contributed by atoms with Gasteiger partial charge in [-0.25, -0.2) is 18.1 Å². The number of hydrogen-bond donors (Lipinski definition) is 1. The Labute approximate surface area is 173 Å². The maximum Gasteiger partial charge on any atom is 0.241 e. The summed E-state index contributed by atoms with van der Waals surface area (Å²) in [6.45, 7) is 10.3. The first-order valence-corrected chi connectivity index (χ1v) is 11.2. The molecule has 0 aliphatic heterocycles. The number of nitrogens with one attached hydrogen (secondary N) is 1. The highest BCUT2D eigenvalue weighted by molar-refractivity contribution is 7.89. The van der Waals surface area contributed by atoms with Gasteiger partial charge >= 0.3 is 0 Å². The molecule has 0 saturated carbocycles. The summed E-state index contributed by atoms with van der Waals surface area (Å²) in [5.74, 6) is 1.74. The zero-order chi connectivity index (χ0) is 21.2. The fraction of sp³-hybridized carbons (Fsp3) is 0.409. The van der Waals surface area contributed by atoms with E-state index >= 15 is 0 Å². The van der Waals surface area contributed by atoms with Crippen molar-refractivity contribution in [2.45, 2.75) is 58.0 Å². The maximum atomic E-state index is 13.1. The Morgan fingerprint density at radius 3 is 2.55 bits per heavy atom. The van der Waals surface area contributed by atoms with Crippen LogP contribution in [0.3, 0.4) is 0 Å². The van der Waals surface area contributed by atoms with Gasteiger partial charge < -0.3 is 8.98 Å². The number of imidazole rings is 1. The summed E-state index contributed by atoms with van der Waals surface area (Å²) in [5.41, 5.74) is 1.08. The lowest BCUT2D eigenvalue weighted by atomic mass is 10.0. The van der Waals surface area contributed by atoms with E-state index in [1.54, 1.807) is 18.6 Å². The summed E-state index contributed by atoms with van der Waals surface area (Å²) in [7, 11) is -3.71. The number of hydrogen-bond acceptors (Lipinski definition) is 4. The van der Waals surface area contributed by atoms with Crippen LogP contribution in [0.5, 0.6) is 0 Å². The molecule has 0 atom stereocenters. The second kappa shape index (κ2) is 8.16. The molecule has 29 heavy (non-hydrogen) atoms. The smallest absolute Gasteiger partial charge is 0.241 e. The van der Waals surface area contributed by atoms with Crippen molar-refractivity contribution in [1.82, 2.24) is 14.3 Å². The zero-order valence-corrected chi connectivity index (χ0v) is 18.5. The van der Waals surface area contributed by atoms with Crippen LogP contribution in [0, 0.1) is 5.92 Å². The molecule has 2 aromatic heterocycles.